The van der Waals surface area contributed by atoms with Gasteiger partial charge in [0.2, 0.25) is 0 Å². The van der Waals surface area contributed by atoms with Crippen LogP contribution in [0.1, 0.15) is 37.3 Å². The highest BCUT2D eigenvalue weighted by Gasteiger charge is 2.18. The Balaban J connectivity index is 1.94. The normalized spacial score (nSPS) is 23.0. The second-order valence-corrected chi connectivity index (χ2v) is 4.27. The number of nitrogens with zero attached hydrogens (tertiary/aromatic N) is 1. The molecule has 1 aliphatic heterocycles. The Hall–Kier alpha value is -1.00. The Labute approximate surface area is 94.8 Å². The van der Waals surface area contributed by atoms with Crippen LogP contribution in [0.3, 0.4) is 0 Å². The number of aromatic nitrogens is 1. The fraction of sp³-hybridized carbons (Fsp3) is 0.583. The molecule has 4 heteroatoms. The lowest BCUT2D eigenvalue weighted by Gasteiger charge is -2.25. The molecule has 1 aromatic rings. The minimum Gasteiger partial charge on any atom is -0.378 e. The fourth-order valence-electron chi connectivity index (χ4n) is 2.04. The Morgan fingerprint density at radius 3 is 3.06 bits per heavy atom. The summed E-state index contributed by atoms with van der Waals surface area (Å²) in [5.74, 6) is -0.336. The van der Waals surface area contributed by atoms with Crippen LogP contribution >= 0.6 is 0 Å². The summed E-state index contributed by atoms with van der Waals surface area (Å²) >= 11 is 0. The van der Waals surface area contributed by atoms with Crippen molar-refractivity contribution in [3.63, 3.8) is 0 Å². The van der Waals surface area contributed by atoms with E-state index >= 15 is 0 Å². The zero-order valence-electron chi connectivity index (χ0n) is 9.23. The molecule has 3 nitrogen and oxygen atoms in total. The van der Waals surface area contributed by atoms with Crippen molar-refractivity contribution in [2.24, 2.45) is 5.73 Å². The van der Waals surface area contributed by atoms with Crippen molar-refractivity contribution in [3.05, 3.63) is 29.8 Å². The van der Waals surface area contributed by atoms with Crippen LogP contribution in [0.4, 0.5) is 4.39 Å². The smallest absolute Gasteiger partial charge is 0.141 e. The predicted octanol–water partition coefficient (Wildman–Crippen LogP) is 2.18. The first-order valence-corrected chi connectivity index (χ1v) is 5.73. The van der Waals surface area contributed by atoms with Crippen LogP contribution in [0, 0.1) is 5.82 Å². The average molecular weight is 224 g/mol. The average Bonchev–Trinajstić information content (AvgIpc) is 2.30. The second kappa shape index (κ2) is 5.37. The maximum Gasteiger partial charge on any atom is 0.141 e. The van der Waals surface area contributed by atoms with Gasteiger partial charge in [0.05, 0.1) is 12.3 Å². The molecule has 0 amide bonds. The Morgan fingerprint density at radius 2 is 2.38 bits per heavy atom. The highest BCUT2D eigenvalue weighted by molar-refractivity contribution is 5.14. The monoisotopic (exact) mass is 224 g/mol. The van der Waals surface area contributed by atoms with Crippen molar-refractivity contribution in [3.8, 4) is 0 Å². The van der Waals surface area contributed by atoms with E-state index in [1.807, 2.05) is 0 Å². The van der Waals surface area contributed by atoms with Gasteiger partial charge in [0, 0.05) is 18.8 Å². The maximum absolute atomic E-state index is 13.0. The molecule has 2 rings (SSSR count). The van der Waals surface area contributed by atoms with E-state index in [-0.39, 0.29) is 18.0 Å². The third-order valence-electron chi connectivity index (χ3n) is 2.94. The Morgan fingerprint density at radius 1 is 1.50 bits per heavy atom. The van der Waals surface area contributed by atoms with Crippen LogP contribution in [-0.4, -0.2) is 17.7 Å². The van der Waals surface area contributed by atoms with Gasteiger partial charge < -0.3 is 10.5 Å². The van der Waals surface area contributed by atoms with Crippen molar-refractivity contribution in [1.82, 2.24) is 4.98 Å². The highest BCUT2D eigenvalue weighted by atomic mass is 19.1. The molecule has 1 aliphatic rings. The summed E-state index contributed by atoms with van der Waals surface area (Å²) in [5.41, 5.74) is 6.75. The largest absolute Gasteiger partial charge is 0.378 e. The molecule has 2 unspecified atom stereocenters. The molecule has 0 radical (unpaired) electrons. The van der Waals surface area contributed by atoms with Gasteiger partial charge in [0.25, 0.3) is 0 Å². The summed E-state index contributed by atoms with van der Waals surface area (Å²) in [6.07, 6.45) is 7.14. The molecule has 0 aliphatic carbocycles. The van der Waals surface area contributed by atoms with Gasteiger partial charge in [-0.3, -0.25) is 4.98 Å². The maximum atomic E-state index is 13.0. The van der Waals surface area contributed by atoms with Crippen LogP contribution in [0.2, 0.25) is 0 Å². The summed E-state index contributed by atoms with van der Waals surface area (Å²) in [6.45, 7) is 0.818. The van der Waals surface area contributed by atoms with Crippen LogP contribution in [-0.2, 0) is 4.74 Å². The third-order valence-corrected chi connectivity index (χ3v) is 2.94. The Kier molecular flexibility index (Phi) is 3.85. The molecule has 88 valence electrons. The minimum atomic E-state index is -0.336. The molecule has 0 spiro atoms. The van der Waals surface area contributed by atoms with Crippen LogP contribution in [0.25, 0.3) is 0 Å². The van der Waals surface area contributed by atoms with Crippen molar-refractivity contribution in [1.29, 1.82) is 0 Å². The van der Waals surface area contributed by atoms with E-state index < -0.39 is 0 Å². The van der Waals surface area contributed by atoms with E-state index in [2.05, 4.69) is 4.98 Å². The molecule has 2 atom stereocenters. The van der Waals surface area contributed by atoms with Crippen LogP contribution in [0.15, 0.2) is 18.5 Å². The fourth-order valence-corrected chi connectivity index (χ4v) is 2.04. The molecule has 0 saturated carbocycles. The summed E-state index contributed by atoms with van der Waals surface area (Å²) < 4.78 is 18.6. The SMILES string of the molecule is NC(CC1CCCCO1)c1cncc(F)c1. The first-order chi connectivity index (χ1) is 7.75. The van der Waals surface area contributed by atoms with E-state index in [1.54, 1.807) is 6.20 Å². The van der Waals surface area contributed by atoms with Gasteiger partial charge >= 0.3 is 0 Å². The van der Waals surface area contributed by atoms with Gasteiger partial charge in [-0.05, 0) is 37.3 Å². The van der Waals surface area contributed by atoms with E-state index in [1.165, 1.54) is 18.7 Å². The van der Waals surface area contributed by atoms with E-state index in [0.29, 0.717) is 0 Å². The predicted molar refractivity (Wildman–Crippen MR) is 59.3 cm³/mol. The zero-order valence-corrected chi connectivity index (χ0v) is 9.23. The molecule has 2 heterocycles. The number of rotatable bonds is 3. The lowest BCUT2D eigenvalue weighted by atomic mass is 9.98. The molecule has 1 saturated heterocycles. The number of pyridine rings is 1. The summed E-state index contributed by atoms with van der Waals surface area (Å²) in [5, 5.41) is 0. The van der Waals surface area contributed by atoms with Gasteiger partial charge in [-0.1, -0.05) is 0 Å². The zero-order chi connectivity index (χ0) is 11.4. The summed E-state index contributed by atoms with van der Waals surface area (Å²) in [7, 11) is 0. The third kappa shape index (κ3) is 3.00. The van der Waals surface area contributed by atoms with Crippen molar-refractivity contribution >= 4 is 0 Å². The number of ether oxygens (including phenoxy) is 1. The molecular formula is C12H17FN2O. The topological polar surface area (TPSA) is 48.1 Å². The lowest BCUT2D eigenvalue weighted by molar-refractivity contribution is 0.00726. The van der Waals surface area contributed by atoms with Gasteiger partial charge in [-0.2, -0.15) is 0 Å². The van der Waals surface area contributed by atoms with Gasteiger partial charge in [0.1, 0.15) is 5.82 Å². The van der Waals surface area contributed by atoms with Crippen LogP contribution in [0.5, 0.6) is 0 Å². The van der Waals surface area contributed by atoms with Gasteiger partial charge in [-0.15, -0.1) is 0 Å². The highest BCUT2D eigenvalue weighted by Crippen LogP contribution is 2.22. The van der Waals surface area contributed by atoms with E-state index in [4.69, 9.17) is 10.5 Å². The number of halogens is 1. The van der Waals surface area contributed by atoms with Gasteiger partial charge in [-0.25, -0.2) is 4.39 Å². The van der Waals surface area contributed by atoms with E-state index in [0.717, 1.165) is 31.4 Å². The minimum absolute atomic E-state index is 0.189. The first kappa shape index (κ1) is 11.5. The number of nitrogens with two attached hydrogens (primary N) is 1. The molecular weight excluding hydrogens is 207 g/mol. The summed E-state index contributed by atoms with van der Waals surface area (Å²) in [4.78, 5) is 3.80. The molecule has 2 N–H and O–H groups in total. The quantitative estimate of drug-likeness (QED) is 0.856. The molecule has 1 fully saturated rings. The number of hydrogen-bond acceptors (Lipinski definition) is 3. The summed E-state index contributed by atoms with van der Waals surface area (Å²) in [6, 6.07) is 1.26. The van der Waals surface area contributed by atoms with Gasteiger partial charge in [0.15, 0.2) is 0 Å². The van der Waals surface area contributed by atoms with Crippen molar-refractivity contribution < 1.29 is 9.13 Å². The molecule has 0 bridgehead atoms. The second-order valence-electron chi connectivity index (χ2n) is 4.27. The molecule has 0 aromatic carbocycles. The standard InChI is InChI=1S/C12H17FN2O/c13-10-5-9(7-15-8-10)12(14)6-11-3-1-2-4-16-11/h5,7-8,11-12H,1-4,6,14H2. The molecule has 1 aromatic heterocycles. The van der Waals surface area contributed by atoms with Crippen molar-refractivity contribution in [2.75, 3.05) is 6.61 Å². The lowest BCUT2D eigenvalue weighted by Crippen LogP contribution is -2.25. The molecule has 16 heavy (non-hydrogen) atoms. The Bertz CT molecular complexity index is 340. The van der Waals surface area contributed by atoms with Crippen LogP contribution < -0.4 is 5.73 Å². The van der Waals surface area contributed by atoms with E-state index in [9.17, 15) is 4.39 Å². The first-order valence-electron chi connectivity index (χ1n) is 5.73. The number of hydrogen-bond donors (Lipinski definition) is 1. The van der Waals surface area contributed by atoms with Crippen molar-refractivity contribution in [2.45, 2.75) is 37.8 Å².